The summed E-state index contributed by atoms with van der Waals surface area (Å²) in [7, 11) is -4.19. The second-order valence-electron chi connectivity index (χ2n) is 3.86. The Balaban J connectivity index is 2.94. The van der Waals surface area contributed by atoms with Crippen molar-refractivity contribution >= 4 is 27.3 Å². The molecule has 0 unspecified atom stereocenters. The minimum Gasteiger partial charge on any atom is -0.398 e. The molecule has 0 saturated heterocycles. The molecule has 0 aromatic heterocycles. The van der Waals surface area contributed by atoms with Crippen molar-refractivity contribution in [2.45, 2.75) is 16.6 Å². The van der Waals surface area contributed by atoms with Crippen molar-refractivity contribution in [2.75, 3.05) is 17.2 Å². The molecule has 0 aliphatic heterocycles. The SMILES string of the molecule is Nc1cc(C(F)(F)F)ccc1S(=O)(=O)CCSC(F)(F)F. The van der Waals surface area contributed by atoms with E-state index in [0.717, 1.165) is 0 Å². The van der Waals surface area contributed by atoms with E-state index in [1.54, 1.807) is 0 Å². The predicted molar refractivity (Wildman–Crippen MR) is 66.4 cm³/mol. The van der Waals surface area contributed by atoms with Crippen LogP contribution in [0.3, 0.4) is 0 Å². The Morgan fingerprint density at radius 3 is 2.10 bits per heavy atom. The highest BCUT2D eigenvalue weighted by Crippen LogP contribution is 2.34. The van der Waals surface area contributed by atoms with E-state index >= 15 is 0 Å². The largest absolute Gasteiger partial charge is 0.441 e. The molecular formula is C10H9F6NO2S2. The number of thioether (sulfide) groups is 1. The highest BCUT2D eigenvalue weighted by atomic mass is 32.2. The zero-order chi connectivity index (χ0) is 16.5. The zero-order valence-corrected chi connectivity index (χ0v) is 11.8. The summed E-state index contributed by atoms with van der Waals surface area (Å²) >= 11 is -0.532. The average molecular weight is 353 g/mol. The third-order valence-electron chi connectivity index (χ3n) is 2.29. The van der Waals surface area contributed by atoms with E-state index in [0.29, 0.717) is 18.2 Å². The summed E-state index contributed by atoms with van der Waals surface area (Å²) in [5, 5.41) is 0. The monoisotopic (exact) mass is 353 g/mol. The molecule has 0 atom stereocenters. The quantitative estimate of drug-likeness (QED) is 0.666. The van der Waals surface area contributed by atoms with Crippen molar-refractivity contribution in [3.05, 3.63) is 23.8 Å². The molecule has 0 amide bonds. The lowest BCUT2D eigenvalue weighted by Crippen LogP contribution is -2.15. The van der Waals surface area contributed by atoms with Gasteiger partial charge in [0.25, 0.3) is 0 Å². The van der Waals surface area contributed by atoms with Crippen molar-refractivity contribution in [3.8, 4) is 0 Å². The Labute approximate surface area is 120 Å². The second-order valence-corrected chi connectivity index (χ2v) is 7.10. The van der Waals surface area contributed by atoms with Crippen molar-refractivity contribution in [1.82, 2.24) is 0 Å². The zero-order valence-electron chi connectivity index (χ0n) is 10.1. The van der Waals surface area contributed by atoms with Crippen LogP contribution in [0.25, 0.3) is 0 Å². The Morgan fingerprint density at radius 2 is 1.67 bits per heavy atom. The summed E-state index contributed by atoms with van der Waals surface area (Å²) in [6.07, 6.45) is -4.69. The Morgan fingerprint density at radius 1 is 1.10 bits per heavy atom. The number of rotatable bonds is 4. The van der Waals surface area contributed by atoms with Crippen LogP contribution in [-0.2, 0) is 16.0 Å². The Hall–Kier alpha value is -1.10. The summed E-state index contributed by atoms with van der Waals surface area (Å²) in [4.78, 5) is -0.613. The van der Waals surface area contributed by atoms with Gasteiger partial charge in [-0.1, -0.05) is 0 Å². The maximum absolute atomic E-state index is 12.4. The first-order valence-electron chi connectivity index (χ1n) is 5.23. The van der Waals surface area contributed by atoms with Crippen LogP contribution in [0.5, 0.6) is 0 Å². The number of sulfone groups is 1. The van der Waals surface area contributed by atoms with E-state index in [9.17, 15) is 34.8 Å². The molecule has 0 saturated carbocycles. The van der Waals surface area contributed by atoms with Crippen molar-refractivity contribution in [3.63, 3.8) is 0 Å². The first-order chi connectivity index (χ1) is 9.33. The fourth-order valence-electron chi connectivity index (χ4n) is 1.39. The first-order valence-corrected chi connectivity index (χ1v) is 7.87. The predicted octanol–water partition coefficient (Wildman–Crippen LogP) is 3.31. The average Bonchev–Trinajstić information content (AvgIpc) is 2.24. The van der Waals surface area contributed by atoms with Gasteiger partial charge >= 0.3 is 11.7 Å². The molecule has 21 heavy (non-hydrogen) atoms. The summed E-state index contributed by atoms with van der Waals surface area (Å²) in [6.45, 7) is 0. The molecule has 1 aromatic carbocycles. The van der Waals surface area contributed by atoms with Gasteiger partial charge in [0, 0.05) is 5.75 Å². The second kappa shape index (κ2) is 5.95. The molecule has 0 heterocycles. The van der Waals surface area contributed by atoms with Crippen molar-refractivity contribution in [2.24, 2.45) is 0 Å². The first kappa shape index (κ1) is 18.0. The minimum absolute atomic E-state index is 0.434. The molecule has 1 aromatic rings. The smallest absolute Gasteiger partial charge is 0.398 e. The maximum Gasteiger partial charge on any atom is 0.441 e. The van der Waals surface area contributed by atoms with Crippen LogP contribution >= 0.6 is 11.8 Å². The molecule has 0 fully saturated rings. The van der Waals surface area contributed by atoms with E-state index in [4.69, 9.17) is 5.73 Å². The van der Waals surface area contributed by atoms with Gasteiger partial charge in [0.15, 0.2) is 9.84 Å². The minimum atomic E-state index is -4.69. The van der Waals surface area contributed by atoms with Crippen molar-refractivity contribution < 1.29 is 34.8 Å². The molecule has 0 radical (unpaired) electrons. The number of anilines is 1. The van der Waals surface area contributed by atoms with E-state index in [1.807, 2.05) is 0 Å². The van der Waals surface area contributed by atoms with Crippen LogP contribution in [0.2, 0.25) is 0 Å². The summed E-state index contributed by atoms with van der Waals surface area (Å²) in [5.74, 6) is -1.65. The third-order valence-corrected chi connectivity index (χ3v) is 5.07. The van der Waals surface area contributed by atoms with Gasteiger partial charge in [0.05, 0.1) is 21.9 Å². The number of hydrogen-bond donors (Lipinski definition) is 1. The highest BCUT2D eigenvalue weighted by Gasteiger charge is 2.32. The van der Waals surface area contributed by atoms with Gasteiger partial charge in [-0.15, -0.1) is 0 Å². The number of halogens is 6. The molecule has 11 heteroatoms. The van der Waals surface area contributed by atoms with Gasteiger partial charge in [-0.3, -0.25) is 0 Å². The van der Waals surface area contributed by atoms with E-state index < -0.39 is 60.9 Å². The van der Waals surface area contributed by atoms with Gasteiger partial charge in [0.2, 0.25) is 0 Å². The lowest BCUT2D eigenvalue weighted by atomic mass is 10.2. The topological polar surface area (TPSA) is 60.2 Å². The third kappa shape index (κ3) is 5.30. The number of nitrogen functional groups attached to an aromatic ring is 1. The van der Waals surface area contributed by atoms with Crippen LogP contribution in [0, 0.1) is 0 Å². The fraction of sp³-hybridized carbons (Fsp3) is 0.400. The van der Waals surface area contributed by atoms with Crippen LogP contribution in [0.4, 0.5) is 32.0 Å². The standard InChI is InChI=1S/C10H9F6NO2S2/c11-9(12,13)6-1-2-8(7(17)5-6)21(18,19)4-3-20-10(14,15)16/h1-2,5H,3-4,17H2. The molecule has 3 nitrogen and oxygen atoms in total. The molecule has 0 aliphatic rings. The summed E-state index contributed by atoms with van der Waals surface area (Å²) in [5.41, 5.74) is -1.12. The number of hydrogen-bond acceptors (Lipinski definition) is 4. The Kier molecular flexibility index (Phi) is 5.09. The van der Waals surface area contributed by atoms with Gasteiger partial charge in [-0.25, -0.2) is 8.42 Å². The highest BCUT2D eigenvalue weighted by molar-refractivity contribution is 8.01. The molecule has 0 bridgehead atoms. The molecule has 2 N–H and O–H groups in total. The summed E-state index contributed by atoms with van der Waals surface area (Å²) in [6, 6.07) is 1.59. The fourth-order valence-corrected chi connectivity index (χ4v) is 3.74. The van der Waals surface area contributed by atoms with Crippen molar-refractivity contribution in [1.29, 1.82) is 0 Å². The van der Waals surface area contributed by atoms with E-state index in [1.165, 1.54) is 0 Å². The number of nitrogens with two attached hydrogens (primary N) is 1. The molecule has 0 aliphatic carbocycles. The molecule has 0 spiro atoms. The van der Waals surface area contributed by atoms with Gasteiger partial charge < -0.3 is 5.73 Å². The van der Waals surface area contributed by atoms with E-state index in [2.05, 4.69) is 0 Å². The molecule has 1 rings (SSSR count). The number of benzene rings is 1. The molecular weight excluding hydrogens is 344 g/mol. The van der Waals surface area contributed by atoms with Gasteiger partial charge in [0.1, 0.15) is 0 Å². The van der Waals surface area contributed by atoms with Gasteiger partial charge in [-0.2, -0.15) is 26.3 Å². The van der Waals surface area contributed by atoms with Crippen LogP contribution in [0.1, 0.15) is 5.56 Å². The normalized spacial score (nSPS) is 13.4. The number of alkyl halides is 6. The van der Waals surface area contributed by atoms with Crippen LogP contribution < -0.4 is 5.73 Å². The van der Waals surface area contributed by atoms with E-state index in [-0.39, 0.29) is 0 Å². The van der Waals surface area contributed by atoms with Crippen LogP contribution in [-0.4, -0.2) is 25.4 Å². The van der Waals surface area contributed by atoms with Gasteiger partial charge in [-0.05, 0) is 30.0 Å². The molecule has 120 valence electrons. The Bertz CT molecular complexity index is 609. The lowest BCUT2D eigenvalue weighted by molar-refractivity contribution is -0.137. The van der Waals surface area contributed by atoms with Crippen LogP contribution in [0.15, 0.2) is 23.1 Å². The maximum atomic E-state index is 12.4. The lowest BCUT2D eigenvalue weighted by Gasteiger charge is -2.11. The summed E-state index contributed by atoms with van der Waals surface area (Å²) < 4.78 is 96.5.